The van der Waals surface area contributed by atoms with Crippen LogP contribution in [0.2, 0.25) is 0 Å². The van der Waals surface area contributed by atoms with Gasteiger partial charge in [-0.15, -0.1) is 11.3 Å². The van der Waals surface area contributed by atoms with Gasteiger partial charge in [0.2, 0.25) is 5.91 Å². The lowest BCUT2D eigenvalue weighted by Gasteiger charge is -2.22. The quantitative estimate of drug-likeness (QED) is 0.924. The van der Waals surface area contributed by atoms with Crippen molar-refractivity contribution in [3.05, 3.63) is 45.7 Å². The molecule has 2 amide bonds. The van der Waals surface area contributed by atoms with Crippen molar-refractivity contribution in [2.45, 2.75) is 39.3 Å². The molecule has 3 rings (SSSR count). The molecule has 0 saturated carbocycles. The highest BCUT2D eigenvalue weighted by Gasteiger charge is 2.29. The van der Waals surface area contributed by atoms with Crippen molar-refractivity contribution in [1.82, 2.24) is 20.2 Å². The molecule has 0 radical (unpaired) electrons. The maximum atomic E-state index is 12.2. The van der Waals surface area contributed by atoms with Crippen LogP contribution in [0.5, 0.6) is 0 Å². The van der Waals surface area contributed by atoms with Gasteiger partial charge in [-0.05, 0) is 36.8 Å². The molecule has 0 aromatic carbocycles. The predicted octanol–water partition coefficient (Wildman–Crippen LogP) is 2.46. The molecule has 0 unspecified atom stereocenters. The van der Waals surface area contributed by atoms with Crippen LogP contribution in [-0.2, 0) is 11.3 Å². The number of hydrogen-bond donors (Lipinski definition) is 1. The van der Waals surface area contributed by atoms with Gasteiger partial charge in [-0.2, -0.15) is 0 Å². The summed E-state index contributed by atoms with van der Waals surface area (Å²) in [7, 11) is 0. The van der Waals surface area contributed by atoms with Crippen LogP contribution in [0.3, 0.4) is 0 Å². The molecule has 1 aliphatic rings. The Morgan fingerprint density at radius 1 is 1.42 bits per heavy atom. The van der Waals surface area contributed by atoms with Gasteiger partial charge in [0.15, 0.2) is 0 Å². The van der Waals surface area contributed by atoms with E-state index in [1.54, 1.807) is 19.3 Å². The van der Waals surface area contributed by atoms with E-state index in [9.17, 15) is 9.59 Å². The summed E-state index contributed by atoms with van der Waals surface area (Å²) in [4.78, 5) is 35.3. The lowest BCUT2D eigenvalue weighted by molar-refractivity contribution is -0.129. The van der Waals surface area contributed by atoms with Crippen molar-refractivity contribution < 1.29 is 9.59 Å². The first kappa shape index (κ1) is 16.6. The minimum absolute atomic E-state index is 0.00908. The SMILES string of the molecule is CC(=O)N1CCC[C@H]1c1cncc(CNC(=O)c2sccc2C)n1. The number of thiophene rings is 1. The lowest BCUT2D eigenvalue weighted by Crippen LogP contribution is -2.29. The molecule has 7 heteroatoms. The Bertz CT molecular complexity index is 759. The average Bonchev–Trinajstić information content (AvgIpc) is 3.21. The molecule has 1 fully saturated rings. The number of aryl methyl sites for hydroxylation is 1. The Kier molecular flexibility index (Phi) is 4.89. The van der Waals surface area contributed by atoms with Crippen LogP contribution in [0.15, 0.2) is 23.8 Å². The highest BCUT2D eigenvalue weighted by atomic mass is 32.1. The molecule has 0 aliphatic carbocycles. The van der Waals surface area contributed by atoms with Gasteiger partial charge in [0.1, 0.15) is 0 Å². The summed E-state index contributed by atoms with van der Waals surface area (Å²) < 4.78 is 0. The molecule has 2 aromatic rings. The Hall–Kier alpha value is -2.28. The number of nitrogens with one attached hydrogen (secondary N) is 1. The number of nitrogens with zero attached hydrogens (tertiary/aromatic N) is 3. The van der Waals surface area contributed by atoms with E-state index in [1.807, 2.05) is 23.3 Å². The third-order valence-corrected chi connectivity index (χ3v) is 5.22. The summed E-state index contributed by atoms with van der Waals surface area (Å²) in [5, 5.41) is 4.79. The number of carbonyl (C=O) groups is 2. The maximum absolute atomic E-state index is 12.2. The van der Waals surface area contributed by atoms with E-state index in [-0.39, 0.29) is 17.9 Å². The van der Waals surface area contributed by atoms with Gasteiger partial charge in [-0.1, -0.05) is 0 Å². The summed E-state index contributed by atoms with van der Waals surface area (Å²) in [5.41, 5.74) is 2.47. The lowest BCUT2D eigenvalue weighted by atomic mass is 10.1. The van der Waals surface area contributed by atoms with Gasteiger partial charge in [0, 0.05) is 13.5 Å². The van der Waals surface area contributed by atoms with E-state index in [2.05, 4.69) is 15.3 Å². The van der Waals surface area contributed by atoms with Crippen molar-refractivity contribution in [2.75, 3.05) is 6.54 Å². The molecule has 126 valence electrons. The zero-order valence-corrected chi connectivity index (χ0v) is 14.6. The second-order valence-corrected chi connectivity index (χ2v) is 6.84. The van der Waals surface area contributed by atoms with Crippen molar-refractivity contribution in [2.24, 2.45) is 0 Å². The highest BCUT2D eigenvalue weighted by Crippen LogP contribution is 2.30. The molecule has 0 bridgehead atoms. The van der Waals surface area contributed by atoms with Crippen LogP contribution in [0.1, 0.15) is 52.4 Å². The van der Waals surface area contributed by atoms with Crippen molar-refractivity contribution in [3.8, 4) is 0 Å². The normalized spacial score (nSPS) is 17.1. The summed E-state index contributed by atoms with van der Waals surface area (Å²) in [6.45, 7) is 4.59. The number of carbonyl (C=O) groups excluding carboxylic acids is 2. The smallest absolute Gasteiger partial charge is 0.261 e. The second-order valence-electron chi connectivity index (χ2n) is 5.92. The van der Waals surface area contributed by atoms with Crippen LogP contribution in [-0.4, -0.2) is 33.2 Å². The fourth-order valence-electron chi connectivity index (χ4n) is 2.98. The Balaban J connectivity index is 1.68. The number of aromatic nitrogens is 2. The van der Waals surface area contributed by atoms with Crippen LogP contribution >= 0.6 is 11.3 Å². The first-order valence-electron chi connectivity index (χ1n) is 7.96. The molecule has 2 aromatic heterocycles. The molecular formula is C17H20N4O2S. The average molecular weight is 344 g/mol. The largest absolute Gasteiger partial charge is 0.346 e. The van der Waals surface area contributed by atoms with Gasteiger partial charge in [0.05, 0.1) is 41.2 Å². The number of hydrogen-bond acceptors (Lipinski definition) is 5. The molecule has 1 aliphatic heterocycles. The molecule has 1 saturated heterocycles. The standard InChI is InChI=1S/C17H20N4O2S/c1-11-5-7-24-16(11)17(23)19-9-13-8-18-10-14(20-13)15-4-3-6-21(15)12(2)22/h5,7-8,10,15H,3-4,6,9H2,1-2H3,(H,19,23)/t15-/m0/s1. The Morgan fingerprint density at radius 3 is 2.96 bits per heavy atom. The maximum Gasteiger partial charge on any atom is 0.261 e. The van der Waals surface area contributed by atoms with Gasteiger partial charge in [-0.3, -0.25) is 19.6 Å². The number of likely N-dealkylation sites (tertiary alicyclic amines) is 1. The van der Waals surface area contributed by atoms with Gasteiger partial charge < -0.3 is 10.2 Å². The van der Waals surface area contributed by atoms with Crippen LogP contribution in [0.25, 0.3) is 0 Å². The Morgan fingerprint density at radius 2 is 2.25 bits per heavy atom. The van der Waals surface area contributed by atoms with Crippen molar-refractivity contribution in [3.63, 3.8) is 0 Å². The fourth-order valence-corrected chi connectivity index (χ4v) is 3.82. The van der Waals surface area contributed by atoms with Crippen LogP contribution in [0, 0.1) is 6.92 Å². The zero-order valence-electron chi connectivity index (χ0n) is 13.8. The predicted molar refractivity (Wildman–Crippen MR) is 91.6 cm³/mol. The van der Waals surface area contributed by atoms with Crippen molar-refractivity contribution in [1.29, 1.82) is 0 Å². The van der Waals surface area contributed by atoms with Gasteiger partial charge in [0.25, 0.3) is 5.91 Å². The third kappa shape index (κ3) is 3.46. The molecule has 3 heterocycles. The highest BCUT2D eigenvalue weighted by molar-refractivity contribution is 7.12. The third-order valence-electron chi connectivity index (χ3n) is 4.20. The van der Waals surface area contributed by atoms with Crippen LogP contribution in [0.4, 0.5) is 0 Å². The topological polar surface area (TPSA) is 75.2 Å². The van der Waals surface area contributed by atoms with E-state index in [1.165, 1.54) is 11.3 Å². The van der Waals surface area contributed by atoms with E-state index in [0.29, 0.717) is 12.2 Å². The minimum Gasteiger partial charge on any atom is -0.346 e. The molecular weight excluding hydrogens is 324 g/mol. The first-order valence-corrected chi connectivity index (χ1v) is 8.84. The minimum atomic E-state index is -0.0964. The van der Waals surface area contributed by atoms with E-state index < -0.39 is 0 Å². The summed E-state index contributed by atoms with van der Waals surface area (Å²) in [6.07, 6.45) is 5.24. The van der Waals surface area contributed by atoms with Crippen molar-refractivity contribution >= 4 is 23.2 Å². The molecule has 1 atom stereocenters. The summed E-state index contributed by atoms with van der Waals surface area (Å²) >= 11 is 1.43. The van der Waals surface area contributed by atoms with E-state index >= 15 is 0 Å². The number of rotatable bonds is 4. The van der Waals surface area contributed by atoms with E-state index in [4.69, 9.17) is 0 Å². The molecule has 1 N–H and O–H groups in total. The number of amides is 2. The summed E-state index contributed by atoms with van der Waals surface area (Å²) in [6, 6.07) is 1.92. The summed E-state index contributed by atoms with van der Waals surface area (Å²) in [5.74, 6) is -0.0351. The zero-order chi connectivity index (χ0) is 17.1. The molecule has 6 nitrogen and oxygen atoms in total. The van der Waals surface area contributed by atoms with Gasteiger partial charge >= 0.3 is 0 Å². The van der Waals surface area contributed by atoms with E-state index in [0.717, 1.165) is 35.5 Å². The fraction of sp³-hybridized carbons (Fsp3) is 0.412. The van der Waals surface area contributed by atoms with Gasteiger partial charge in [-0.25, -0.2) is 0 Å². The first-order chi connectivity index (χ1) is 11.6. The monoisotopic (exact) mass is 344 g/mol. The van der Waals surface area contributed by atoms with Crippen LogP contribution < -0.4 is 5.32 Å². The molecule has 0 spiro atoms. The Labute approximate surface area is 144 Å². The second kappa shape index (κ2) is 7.09. The molecule has 24 heavy (non-hydrogen) atoms.